The molecule has 8 heteroatoms. The summed E-state index contributed by atoms with van der Waals surface area (Å²) in [4.78, 5) is 47.8. The number of nitrogens with zero attached hydrogens (tertiary/aromatic N) is 1. The number of hydrogen-bond acceptors (Lipinski definition) is 6. The normalized spacial score (nSPS) is 13.7. The first-order valence-electron chi connectivity index (χ1n) is 9.85. The van der Waals surface area contributed by atoms with E-state index in [0.717, 1.165) is 0 Å². The molecule has 0 fully saturated rings. The van der Waals surface area contributed by atoms with Gasteiger partial charge >= 0.3 is 5.97 Å². The molecule has 0 aliphatic carbocycles. The van der Waals surface area contributed by atoms with Crippen LogP contribution >= 0.6 is 0 Å². The molecule has 3 atom stereocenters. The van der Waals surface area contributed by atoms with Crippen LogP contribution in [0.1, 0.15) is 50.9 Å². The molecule has 1 rings (SSSR count). The molecular formula is C21H31N3O5. The smallest absolute Gasteiger partial charge is 0.338 e. The van der Waals surface area contributed by atoms with Crippen molar-refractivity contribution in [3.63, 3.8) is 0 Å². The molecule has 0 bridgehead atoms. The van der Waals surface area contributed by atoms with Crippen LogP contribution in [0, 0.1) is 5.92 Å². The number of esters is 1. The lowest BCUT2D eigenvalue weighted by Crippen LogP contribution is -2.51. The second kappa shape index (κ2) is 12.7. The van der Waals surface area contributed by atoms with Crippen molar-refractivity contribution in [2.75, 3.05) is 13.2 Å². The summed E-state index contributed by atoms with van der Waals surface area (Å²) in [6, 6.07) is 7.36. The molecule has 2 amide bonds. The van der Waals surface area contributed by atoms with Gasteiger partial charge in [-0.15, -0.1) is 0 Å². The molecular weight excluding hydrogens is 374 g/mol. The lowest BCUT2D eigenvalue weighted by molar-refractivity contribution is -0.137. The molecule has 0 aliphatic heterocycles. The summed E-state index contributed by atoms with van der Waals surface area (Å²) >= 11 is 0. The standard InChI is InChI=1S/C21H31N3O5/c1-5-19(27)24(23-6-2)16(4)12-15(3)20(22-14-25)18(26)13-29-21(28)17-10-8-7-9-11-17/h7-11,14-16,20,23H,5-6,12-13H2,1-4H3,(H,22,25). The third-order valence-electron chi connectivity index (χ3n) is 4.57. The fraction of sp³-hybridized carbons (Fsp3) is 0.524. The largest absolute Gasteiger partial charge is 0.454 e. The highest BCUT2D eigenvalue weighted by atomic mass is 16.5. The number of rotatable bonds is 13. The number of hydrazine groups is 1. The van der Waals surface area contributed by atoms with E-state index in [1.54, 1.807) is 42.3 Å². The van der Waals surface area contributed by atoms with E-state index in [2.05, 4.69) is 10.7 Å². The number of Topliss-reactive ketones (excluding diaryl/α,β-unsaturated/α-hetero) is 1. The molecule has 29 heavy (non-hydrogen) atoms. The summed E-state index contributed by atoms with van der Waals surface area (Å²) in [5.41, 5.74) is 3.38. The SMILES string of the molecule is CCNN(C(=O)CC)C(C)CC(C)C(NC=O)C(=O)COC(=O)c1ccccc1. The topological polar surface area (TPSA) is 105 Å². The Bertz CT molecular complexity index is 680. The third-order valence-corrected chi connectivity index (χ3v) is 4.57. The fourth-order valence-corrected chi connectivity index (χ4v) is 3.14. The number of nitrogens with one attached hydrogen (secondary N) is 2. The molecule has 0 saturated heterocycles. The zero-order valence-corrected chi connectivity index (χ0v) is 17.5. The zero-order chi connectivity index (χ0) is 21.8. The lowest BCUT2D eigenvalue weighted by atomic mass is 9.91. The fourth-order valence-electron chi connectivity index (χ4n) is 3.14. The summed E-state index contributed by atoms with van der Waals surface area (Å²) in [7, 11) is 0. The van der Waals surface area contributed by atoms with Crippen molar-refractivity contribution in [2.45, 2.75) is 52.6 Å². The molecule has 8 nitrogen and oxygen atoms in total. The Labute approximate surface area is 171 Å². The van der Waals surface area contributed by atoms with Crippen molar-refractivity contribution < 1.29 is 23.9 Å². The van der Waals surface area contributed by atoms with Gasteiger partial charge in [0, 0.05) is 19.0 Å². The van der Waals surface area contributed by atoms with Crippen molar-refractivity contribution >= 4 is 24.1 Å². The first-order valence-corrected chi connectivity index (χ1v) is 9.85. The third kappa shape index (κ3) is 7.65. The molecule has 2 N–H and O–H groups in total. The molecule has 0 aromatic heterocycles. The number of ketones is 1. The van der Waals surface area contributed by atoms with Gasteiger partial charge in [0.25, 0.3) is 0 Å². The minimum atomic E-state index is -0.821. The van der Waals surface area contributed by atoms with Crippen molar-refractivity contribution in [3.05, 3.63) is 35.9 Å². The van der Waals surface area contributed by atoms with Crippen LogP contribution in [0.3, 0.4) is 0 Å². The van der Waals surface area contributed by atoms with E-state index < -0.39 is 24.4 Å². The Hall–Kier alpha value is -2.74. The van der Waals surface area contributed by atoms with Gasteiger partial charge in [0.15, 0.2) is 12.4 Å². The molecule has 0 radical (unpaired) electrons. The minimum Gasteiger partial charge on any atom is -0.454 e. The van der Waals surface area contributed by atoms with Gasteiger partial charge in [0.1, 0.15) is 0 Å². The Balaban J connectivity index is 2.73. The van der Waals surface area contributed by atoms with Gasteiger partial charge in [-0.3, -0.25) is 19.4 Å². The van der Waals surface area contributed by atoms with Crippen molar-refractivity contribution in [1.29, 1.82) is 0 Å². The maximum atomic E-state index is 12.6. The maximum absolute atomic E-state index is 12.6. The quantitative estimate of drug-likeness (QED) is 0.294. The van der Waals surface area contributed by atoms with Crippen LogP contribution in [0.5, 0.6) is 0 Å². The van der Waals surface area contributed by atoms with Gasteiger partial charge in [-0.2, -0.15) is 0 Å². The summed E-state index contributed by atoms with van der Waals surface area (Å²) in [6.45, 7) is 7.52. The molecule has 0 spiro atoms. The van der Waals surface area contributed by atoms with Crippen molar-refractivity contribution in [1.82, 2.24) is 15.8 Å². The number of benzene rings is 1. The van der Waals surface area contributed by atoms with Crippen LogP contribution in [-0.4, -0.2) is 54.3 Å². The number of carbonyl (C=O) groups is 4. The van der Waals surface area contributed by atoms with Crippen molar-refractivity contribution in [2.24, 2.45) is 5.92 Å². The monoisotopic (exact) mass is 405 g/mol. The average molecular weight is 405 g/mol. The molecule has 160 valence electrons. The van der Waals surface area contributed by atoms with Gasteiger partial charge in [0.2, 0.25) is 12.3 Å². The molecule has 0 saturated carbocycles. The van der Waals surface area contributed by atoms with E-state index in [1.165, 1.54) is 0 Å². The van der Waals surface area contributed by atoms with E-state index in [9.17, 15) is 19.2 Å². The number of carbonyl (C=O) groups excluding carboxylic acids is 4. The molecule has 1 aromatic carbocycles. The van der Waals surface area contributed by atoms with Crippen LogP contribution in [0.4, 0.5) is 0 Å². The van der Waals surface area contributed by atoms with Crippen LogP contribution in [-0.2, 0) is 19.1 Å². The van der Waals surface area contributed by atoms with Gasteiger partial charge in [-0.25, -0.2) is 10.2 Å². The maximum Gasteiger partial charge on any atom is 0.338 e. The first kappa shape index (κ1) is 24.3. The molecule has 0 aliphatic rings. The molecule has 1 aromatic rings. The van der Waals surface area contributed by atoms with Crippen LogP contribution in [0.25, 0.3) is 0 Å². The highest BCUT2D eigenvalue weighted by Gasteiger charge is 2.29. The highest BCUT2D eigenvalue weighted by molar-refractivity contribution is 5.93. The Kier molecular flexibility index (Phi) is 10.6. The van der Waals surface area contributed by atoms with Gasteiger partial charge in [0.05, 0.1) is 11.6 Å². The van der Waals surface area contributed by atoms with Gasteiger partial charge in [-0.1, -0.05) is 39.0 Å². The van der Waals surface area contributed by atoms with E-state index in [1.807, 2.05) is 20.8 Å². The van der Waals surface area contributed by atoms with E-state index in [4.69, 9.17) is 4.74 Å². The minimum absolute atomic E-state index is 0.0467. The van der Waals surface area contributed by atoms with Crippen LogP contribution < -0.4 is 10.7 Å². The Morgan fingerprint density at radius 1 is 1.14 bits per heavy atom. The first-order chi connectivity index (χ1) is 13.8. The predicted molar refractivity (Wildman–Crippen MR) is 109 cm³/mol. The van der Waals surface area contributed by atoms with Crippen molar-refractivity contribution in [3.8, 4) is 0 Å². The highest BCUT2D eigenvalue weighted by Crippen LogP contribution is 2.16. The summed E-state index contributed by atoms with van der Waals surface area (Å²) < 4.78 is 5.09. The number of hydrogen-bond donors (Lipinski definition) is 2. The van der Waals surface area contributed by atoms with Gasteiger partial charge < -0.3 is 10.1 Å². The second-order valence-electron chi connectivity index (χ2n) is 6.86. The number of amides is 2. The van der Waals surface area contributed by atoms with Crippen LogP contribution in [0.15, 0.2) is 30.3 Å². The predicted octanol–water partition coefficient (Wildman–Crippen LogP) is 1.70. The Morgan fingerprint density at radius 2 is 1.79 bits per heavy atom. The van der Waals surface area contributed by atoms with E-state index >= 15 is 0 Å². The Morgan fingerprint density at radius 3 is 2.34 bits per heavy atom. The summed E-state index contributed by atoms with van der Waals surface area (Å²) in [5, 5.41) is 4.08. The van der Waals surface area contributed by atoms with E-state index in [-0.39, 0.29) is 17.9 Å². The zero-order valence-electron chi connectivity index (χ0n) is 17.5. The van der Waals surface area contributed by atoms with Crippen LogP contribution in [0.2, 0.25) is 0 Å². The molecule has 3 unspecified atom stereocenters. The van der Waals surface area contributed by atoms with Gasteiger partial charge in [-0.05, 0) is 31.4 Å². The average Bonchev–Trinajstić information content (AvgIpc) is 2.73. The summed E-state index contributed by atoms with van der Waals surface area (Å²) in [6.07, 6.45) is 1.29. The van der Waals surface area contributed by atoms with E-state index in [0.29, 0.717) is 31.4 Å². The molecule has 0 heterocycles. The number of ether oxygens (including phenoxy) is 1. The summed E-state index contributed by atoms with van der Waals surface area (Å²) in [5.74, 6) is -1.33. The second-order valence-corrected chi connectivity index (χ2v) is 6.86. The lowest BCUT2D eigenvalue weighted by Gasteiger charge is -2.32.